The Morgan fingerprint density at radius 2 is 1.79 bits per heavy atom. The summed E-state index contributed by atoms with van der Waals surface area (Å²) in [5.41, 5.74) is 4.98. The van der Waals surface area contributed by atoms with Crippen molar-refractivity contribution >= 4 is 18.4 Å². The maximum Gasteiger partial charge on any atom is 0.361 e. The number of ether oxygens (including phenoxy) is 2. The third kappa shape index (κ3) is 6.55. The lowest BCUT2D eigenvalue weighted by Gasteiger charge is -2.21. The van der Waals surface area contributed by atoms with Gasteiger partial charge in [-0.1, -0.05) is 48.5 Å². The largest absolute Gasteiger partial charge is 0.484 e. The van der Waals surface area contributed by atoms with Crippen molar-refractivity contribution in [3.63, 3.8) is 0 Å². The third-order valence-electron chi connectivity index (χ3n) is 5.42. The number of hydrogen-bond donors (Lipinski definition) is 1. The van der Waals surface area contributed by atoms with Gasteiger partial charge in [-0.05, 0) is 62.9 Å². The molecule has 6 nitrogen and oxygen atoms in total. The molecule has 7 heteroatoms. The van der Waals surface area contributed by atoms with E-state index in [1.807, 2.05) is 58.0 Å². The molecule has 0 spiro atoms. The van der Waals surface area contributed by atoms with E-state index in [2.05, 4.69) is 33.5 Å². The number of hydrogen-bond acceptors (Lipinski definition) is 6. The molecular formula is C27H32ClN3O3. The monoisotopic (exact) mass is 481 g/mol. The Labute approximate surface area is 207 Å². The minimum atomic E-state index is -0.640. The number of carbonyl (C=O) groups excluding carboxylic acids is 1. The minimum absolute atomic E-state index is 0. The average Bonchev–Trinajstić information content (AvgIpc) is 2.77. The number of aromatic nitrogens is 2. The van der Waals surface area contributed by atoms with Crippen LogP contribution in [0.4, 0.5) is 0 Å². The van der Waals surface area contributed by atoms with Crippen LogP contribution >= 0.6 is 12.4 Å². The molecular weight excluding hydrogens is 450 g/mol. The van der Waals surface area contributed by atoms with Gasteiger partial charge < -0.3 is 14.8 Å². The van der Waals surface area contributed by atoms with Gasteiger partial charge in [0, 0.05) is 13.0 Å². The van der Waals surface area contributed by atoms with E-state index < -0.39 is 11.6 Å². The maximum atomic E-state index is 13.0. The molecule has 34 heavy (non-hydrogen) atoms. The Balaban J connectivity index is 0.00000324. The number of benzene rings is 2. The second kappa shape index (κ2) is 11.0. The van der Waals surface area contributed by atoms with Gasteiger partial charge >= 0.3 is 5.97 Å². The molecule has 0 fully saturated rings. The predicted molar refractivity (Wildman–Crippen MR) is 135 cm³/mol. The van der Waals surface area contributed by atoms with Crippen LogP contribution in [0.15, 0.2) is 48.5 Å². The number of nitrogens with one attached hydrogen (secondary N) is 1. The van der Waals surface area contributed by atoms with Crippen LogP contribution in [0.3, 0.4) is 0 Å². The number of carbonyl (C=O) groups is 1. The molecule has 0 saturated carbocycles. The highest BCUT2D eigenvalue weighted by Gasteiger charge is 2.26. The lowest BCUT2D eigenvalue weighted by Crippen LogP contribution is -2.25. The number of nitrogens with zero attached hydrogens (tertiary/aromatic N) is 2. The lowest BCUT2D eigenvalue weighted by atomic mass is 9.97. The van der Waals surface area contributed by atoms with E-state index in [9.17, 15) is 4.79 Å². The van der Waals surface area contributed by atoms with Crippen LogP contribution in [0, 0.1) is 6.92 Å². The minimum Gasteiger partial charge on any atom is -0.484 e. The summed E-state index contributed by atoms with van der Waals surface area (Å²) in [7, 11) is 0. The van der Waals surface area contributed by atoms with Crippen molar-refractivity contribution in [2.24, 2.45) is 0 Å². The number of rotatable bonds is 6. The topological polar surface area (TPSA) is 73.3 Å². The van der Waals surface area contributed by atoms with Crippen LogP contribution in [0.1, 0.15) is 65.0 Å². The van der Waals surface area contributed by atoms with Gasteiger partial charge in [0.15, 0.2) is 11.4 Å². The van der Waals surface area contributed by atoms with Crippen LogP contribution in [-0.2, 0) is 30.7 Å². The molecule has 0 radical (unpaired) electrons. The van der Waals surface area contributed by atoms with E-state index >= 15 is 0 Å². The van der Waals surface area contributed by atoms with Crippen molar-refractivity contribution in [2.45, 2.75) is 59.3 Å². The van der Waals surface area contributed by atoms with E-state index in [4.69, 9.17) is 9.47 Å². The SMILES string of the molecule is Cc1nc(Cc2ccc3c(c2)CCNC3)nc(C(=O)OC(C)(C)C)c1OCc1ccccc1.Cl. The summed E-state index contributed by atoms with van der Waals surface area (Å²) in [5.74, 6) is 0.441. The van der Waals surface area contributed by atoms with E-state index in [0.29, 0.717) is 30.3 Å². The van der Waals surface area contributed by atoms with Gasteiger partial charge in [0.1, 0.15) is 18.0 Å². The van der Waals surface area contributed by atoms with Crippen molar-refractivity contribution in [1.29, 1.82) is 0 Å². The summed E-state index contributed by atoms with van der Waals surface area (Å²) in [6, 6.07) is 16.3. The van der Waals surface area contributed by atoms with Crippen LogP contribution in [0.5, 0.6) is 5.75 Å². The maximum absolute atomic E-state index is 13.0. The summed E-state index contributed by atoms with van der Waals surface area (Å²) >= 11 is 0. The van der Waals surface area contributed by atoms with Crippen LogP contribution in [0.2, 0.25) is 0 Å². The summed E-state index contributed by atoms with van der Waals surface area (Å²) in [5, 5.41) is 3.40. The molecule has 2 aromatic carbocycles. The quantitative estimate of drug-likeness (QED) is 0.501. The molecule has 0 atom stereocenters. The summed E-state index contributed by atoms with van der Waals surface area (Å²) < 4.78 is 11.7. The van der Waals surface area contributed by atoms with Crippen LogP contribution in [0.25, 0.3) is 0 Å². The van der Waals surface area contributed by atoms with Gasteiger partial charge in [-0.15, -0.1) is 12.4 Å². The predicted octanol–water partition coefficient (Wildman–Crippen LogP) is 4.98. The average molecular weight is 482 g/mol. The molecule has 0 bridgehead atoms. The molecule has 1 aromatic heterocycles. The molecule has 0 saturated heterocycles. The molecule has 0 amide bonds. The van der Waals surface area contributed by atoms with Crippen molar-refractivity contribution in [3.05, 3.63) is 88.0 Å². The number of aryl methyl sites for hydroxylation is 1. The molecule has 3 aromatic rings. The summed E-state index contributed by atoms with van der Waals surface area (Å²) in [4.78, 5) is 22.3. The van der Waals surface area contributed by atoms with E-state index in [1.165, 1.54) is 11.1 Å². The molecule has 0 unspecified atom stereocenters. The Kier molecular flexibility index (Phi) is 8.28. The van der Waals surface area contributed by atoms with Crippen molar-refractivity contribution in [3.8, 4) is 5.75 Å². The zero-order valence-electron chi connectivity index (χ0n) is 20.2. The molecule has 1 aliphatic heterocycles. The van der Waals surface area contributed by atoms with Gasteiger partial charge in [-0.2, -0.15) is 0 Å². The standard InChI is InChI=1S/C27H31N3O3.ClH/c1-18-25(32-17-19-8-6-5-7-9-19)24(26(31)33-27(2,3)4)30-23(29-18)15-20-10-11-22-16-28-13-12-21(22)14-20;/h5-11,14,28H,12-13,15-17H2,1-4H3;1H. The van der Waals surface area contributed by atoms with Crippen molar-refractivity contribution in [1.82, 2.24) is 15.3 Å². The molecule has 1 aliphatic rings. The zero-order valence-corrected chi connectivity index (χ0v) is 21.0. The zero-order chi connectivity index (χ0) is 23.4. The molecule has 4 rings (SSSR count). The van der Waals surface area contributed by atoms with Crippen LogP contribution < -0.4 is 10.1 Å². The lowest BCUT2D eigenvalue weighted by molar-refractivity contribution is 0.00573. The molecule has 1 N–H and O–H groups in total. The number of fused-ring (bicyclic) bond motifs is 1. The normalized spacial score (nSPS) is 12.9. The Morgan fingerprint density at radius 3 is 2.53 bits per heavy atom. The second-order valence-corrected chi connectivity index (χ2v) is 9.39. The first-order chi connectivity index (χ1) is 15.8. The first-order valence-electron chi connectivity index (χ1n) is 11.4. The fraction of sp³-hybridized carbons (Fsp3) is 0.370. The highest BCUT2D eigenvalue weighted by Crippen LogP contribution is 2.26. The Bertz CT molecular complexity index is 1140. The Hall–Kier alpha value is -2.96. The van der Waals surface area contributed by atoms with E-state index in [1.54, 1.807) is 0 Å². The fourth-order valence-corrected chi connectivity index (χ4v) is 3.89. The van der Waals surface area contributed by atoms with Crippen molar-refractivity contribution < 1.29 is 14.3 Å². The smallest absolute Gasteiger partial charge is 0.361 e. The summed E-state index contributed by atoms with van der Waals surface area (Å²) in [6.45, 7) is 9.58. The van der Waals surface area contributed by atoms with Crippen LogP contribution in [-0.4, -0.2) is 28.1 Å². The van der Waals surface area contributed by atoms with Crippen molar-refractivity contribution in [2.75, 3.05) is 6.54 Å². The van der Waals surface area contributed by atoms with Gasteiger partial charge in [-0.3, -0.25) is 0 Å². The Morgan fingerprint density at radius 1 is 1.03 bits per heavy atom. The molecule has 2 heterocycles. The van der Waals surface area contributed by atoms with E-state index in [-0.39, 0.29) is 18.1 Å². The third-order valence-corrected chi connectivity index (χ3v) is 5.42. The highest BCUT2D eigenvalue weighted by atomic mass is 35.5. The highest BCUT2D eigenvalue weighted by molar-refractivity contribution is 5.91. The van der Waals surface area contributed by atoms with Gasteiger partial charge in [-0.25, -0.2) is 14.8 Å². The van der Waals surface area contributed by atoms with Gasteiger partial charge in [0.2, 0.25) is 0 Å². The first kappa shape index (κ1) is 25.7. The van der Waals surface area contributed by atoms with Gasteiger partial charge in [0.25, 0.3) is 0 Å². The first-order valence-corrected chi connectivity index (χ1v) is 11.4. The number of halogens is 1. The molecule has 0 aliphatic carbocycles. The van der Waals surface area contributed by atoms with Gasteiger partial charge in [0.05, 0.1) is 5.69 Å². The number of esters is 1. The summed E-state index contributed by atoms with van der Waals surface area (Å²) in [6.07, 6.45) is 1.55. The second-order valence-electron chi connectivity index (χ2n) is 9.39. The fourth-order valence-electron chi connectivity index (χ4n) is 3.89. The van der Waals surface area contributed by atoms with E-state index in [0.717, 1.165) is 30.6 Å². The molecule has 180 valence electrons.